The lowest BCUT2D eigenvalue weighted by atomic mass is 10.2. The van der Waals surface area contributed by atoms with Gasteiger partial charge in [-0.25, -0.2) is 4.68 Å². The maximum atomic E-state index is 6.04. The van der Waals surface area contributed by atoms with Crippen molar-refractivity contribution < 1.29 is 0 Å². The highest BCUT2D eigenvalue weighted by molar-refractivity contribution is 9.10. The van der Waals surface area contributed by atoms with Crippen LogP contribution in [0, 0.1) is 0 Å². The molecule has 0 saturated carbocycles. The third-order valence-corrected chi connectivity index (χ3v) is 4.28. The predicted octanol–water partition coefficient (Wildman–Crippen LogP) is 3.25. The Labute approximate surface area is 124 Å². The van der Waals surface area contributed by atoms with E-state index in [0.717, 1.165) is 40.3 Å². The Morgan fingerprint density at radius 3 is 3.05 bits per heavy atom. The summed E-state index contributed by atoms with van der Waals surface area (Å²) < 4.78 is 2.95. The van der Waals surface area contributed by atoms with Crippen molar-refractivity contribution in [3.63, 3.8) is 0 Å². The Balaban J connectivity index is 2.02. The number of aromatic nitrogens is 3. The number of fused-ring (bicyclic) bond motifs is 2. The van der Waals surface area contributed by atoms with Gasteiger partial charge >= 0.3 is 0 Å². The maximum absolute atomic E-state index is 6.04. The standard InChI is InChI=1S/C15H13BrN4/c16-10-7-9-3-1-6-13(14(9)18-8-10)20-12-5-2-4-11(12)15(17)19-20/h1,3,6-8H,2,4-5H2,(H2,17,19). The first kappa shape index (κ1) is 11.9. The summed E-state index contributed by atoms with van der Waals surface area (Å²) >= 11 is 3.46. The van der Waals surface area contributed by atoms with E-state index in [1.807, 2.05) is 23.0 Å². The fourth-order valence-electron chi connectivity index (χ4n) is 2.95. The van der Waals surface area contributed by atoms with Crippen LogP contribution in [0.5, 0.6) is 0 Å². The lowest BCUT2D eigenvalue weighted by molar-refractivity contribution is 0.791. The topological polar surface area (TPSA) is 56.7 Å². The van der Waals surface area contributed by atoms with Crippen molar-refractivity contribution in [1.29, 1.82) is 0 Å². The summed E-state index contributed by atoms with van der Waals surface area (Å²) in [6.07, 6.45) is 5.04. The third kappa shape index (κ3) is 1.66. The van der Waals surface area contributed by atoms with E-state index in [4.69, 9.17) is 5.73 Å². The van der Waals surface area contributed by atoms with Crippen molar-refractivity contribution in [3.05, 3.63) is 46.2 Å². The summed E-state index contributed by atoms with van der Waals surface area (Å²) in [7, 11) is 0. The second-order valence-corrected chi connectivity index (χ2v) is 5.99. The summed E-state index contributed by atoms with van der Waals surface area (Å²) in [5, 5.41) is 5.61. The zero-order valence-corrected chi connectivity index (χ0v) is 12.4. The number of pyridine rings is 1. The Morgan fingerprint density at radius 1 is 1.25 bits per heavy atom. The van der Waals surface area contributed by atoms with Crippen LogP contribution in [0.3, 0.4) is 0 Å². The molecule has 0 radical (unpaired) electrons. The Bertz CT molecular complexity index is 822. The number of para-hydroxylation sites is 1. The van der Waals surface area contributed by atoms with Gasteiger partial charge in [-0.05, 0) is 47.3 Å². The minimum Gasteiger partial charge on any atom is -0.382 e. The second-order valence-electron chi connectivity index (χ2n) is 5.08. The lowest BCUT2D eigenvalue weighted by Gasteiger charge is -2.08. The van der Waals surface area contributed by atoms with Crippen LogP contribution in [0.25, 0.3) is 16.6 Å². The second kappa shape index (κ2) is 4.31. The predicted molar refractivity (Wildman–Crippen MR) is 83.0 cm³/mol. The molecule has 5 heteroatoms. The third-order valence-electron chi connectivity index (χ3n) is 3.85. The maximum Gasteiger partial charge on any atom is 0.149 e. The van der Waals surface area contributed by atoms with Gasteiger partial charge in [-0.2, -0.15) is 5.10 Å². The lowest BCUT2D eigenvalue weighted by Crippen LogP contribution is -2.03. The van der Waals surface area contributed by atoms with Crippen LogP contribution in [-0.2, 0) is 12.8 Å². The van der Waals surface area contributed by atoms with Gasteiger partial charge in [-0.15, -0.1) is 0 Å². The van der Waals surface area contributed by atoms with Crippen LogP contribution >= 0.6 is 15.9 Å². The number of rotatable bonds is 1. The molecule has 2 aromatic heterocycles. The van der Waals surface area contributed by atoms with Gasteiger partial charge in [0.05, 0.1) is 11.2 Å². The van der Waals surface area contributed by atoms with Crippen molar-refractivity contribution in [3.8, 4) is 5.69 Å². The Hall–Kier alpha value is -1.88. The Kier molecular flexibility index (Phi) is 2.57. The molecule has 0 unspecified atom stereocenters. The summed E-state index contributed by atoms with van der Waals surface area (Å²) in [5.74, 6) is 0.659. The summed E-state index contributed by atoms with van der Waals surface area (Å²) in [5.41, 5.74) is 10.4. The van der Waals surface area contributed by atoms with Crippen molar-refractivity contribution >= 4 is 32.7 Å². The zero-order chi connectivity index (χ0) is 13.7. The van der Waals surface area contributed by atoms with E-state index in [-0.39, 0.29) is 0 Å². The van der Waals surface area contributed by atoms with Crippen molar-refractivity contribution in [2.45, 2.75) is 19.3 Å². The SMILES string of the molecule is Nc1nn(-c2cccc3cc(Br)cnc23)c2c1CCC2. The van der Waals surface area contributed by atoms with Crippen LogP contribution in [0.15, 0.2) is 34.9 Å². The number of benzene rings is 1. The number of hydrogen-bond donors (Lipinski definition) is 1. The molecule has 3 aromatic rings. The number of hydrogen-bond acceptors (Lipinski definition) is 3. The van der Waals surface area contributed by atoms with Gasteiger partial charge < -0.3 is 5.73 Å². The number of halogens is 1. The van der Waals surface area contributed by atoms with Crippen LogP contribution in [0.1, 0.15) is 17.7 Å². The smallest absolute Gasteiger partial charge is 0.149 e. The summed E-state index contributed by atoms with van der Waals surface area (Å²) in [6.45, 7) is 0. The number of nitrogen functional groups attached to an aromatic ring is 1. The van der Waals surface area contributed by atoms with E-state index in [0.29, 0.717) is 5.82 Å². The van der Waals surface area contributed by atoms with Gasteiger partial charge in [-0.3, -0.25) is 4.98 Å². The monoisotopic (exact) mass is 328 g/mol. The van der Waals surface area contributed by atoms with Crippen molar-refractivity contribution in [2.24, 2.45) is 0 Å². The fraction of sp³-hybridized carbons (Fsp3) is 0.200. The summed E-state index contributed by atoms with van der Waals surface area (Å²) in [4.78, 5) is 4.54. The average molecular weight is 329 g/mol. The van der Waals surface area contributed by atoms with Crippen LogP contribution in [-0.4, -0.2) is 14.8 Å². The van der Waals surface area contributed by atoms with Crippen molar-refractivity contribution in [2.75, 3.05) is 5.73 Å². The fourth-order valence-corrected chi connectivity index (χ4v) is 3.30. The molecule has 0 amide bonds. The first-order valence-corrected chi connectivity index (χ1v) is 7.44. The molecule has 2 N–H and O–H groups in total. The zero-order valence-electron chi connectivity index (χ0n) is 10.8. The van der Waals surface area contributed by atoms with E-state index in [1.54, 1.807) is 0 Å². The molecule has 1 aromatic carbocycles. The van der Waals surface area contributed by atoms with Crippen LogP contribution in [0.2, 0.25) is 0 Å². The molecule has 0 fully saturated rings. The molecule has 4 nitrogen and oxygen atoms in total. The molecule has 1 aliphatic carbocycles. The summed E-state index contributed by atoms with van der Waals surface area (Å²) in [6, 6.07) is 8.21. The molecule has 20 heavy (non-hydrogen) atoms. The van der Waals surface area contributed by atoms with Gasteiger partial charge in [0.25, 0.3) is 0 Å². The van der Waals surface area contributed by atoms with Crippen LogP contribution in [0.4, 0.5) is 5.82 Å². The largest absolute Gasteiger partial charge is 0.382 e. The van der Waals surface area contributed by atoms with E-state index >= 15 is 0 Å². The van der Waals surface area contributed by atoms with Gasteiger partial charge in [-0.1, -0.05) is 12.1 Å². The molecule has 0 aliphatic heterocycles. The number of nitrogens with zero attached hydrogens (tertiary/aromatic N) is 3. The minimum atomic E-state index is 0.659. The highest BCUT2D eigenvalue weighted by Gasteiger charge is 2.22. The molecule has 2 heterocycles. The number of anilines is 1. The highest BCUT2D eigenvalue weighted by Crippen LogP contribution is 2.31. The Morgan fingerprint density at radius 2 is 2.15 bits per heavy atom. The average Bonchev–Trinajstić information content (AvgIpc) is 3.02. The first-order valence-electron chi connectivity index (χ1n) is 6.65. The molecule has 0 spiro atoms. The highest BCUT2D eigenvalue weighted by atomic mass is 79.9. The van der Waals surface area contributed by atoms with Crippen LogP contribution < -0.4 is 5.73 Å². The van der Waals surface area contributed by atoms with E-state index < -0.39 is 0 Å². The minimum absolute atomic E-state index is 0.659. The van der Waals surface area contributed by atoms with E-state index in [9.17, 15) is 0 Å². The van der Waals surface area contributed by atoms with E-state index in [1.165, 1.54) is 11.3 Å². The molecule has 1 aliphatic rings. The quantitative estimate of drug-likeness (QED) is 0.746. The molecule has 0 saturated heterocycles. The van der Waals surface area contributed by atoms with Gasteiger partial charge in [0.2, 0.25) is 0 Å². The first-order chi connectivity index (χ1) is 9.74. The molecule has 100 valence electrons. The van der Waals surface area contributed by atoms with Crippen molar-refractivity contribution in [1.82, 2.24) is 14.8 Å². The molecule has 4 rings (SSSR count). The molecular formula is C15H13BrN4. The van der Waals surface area contributed by atoms with Gasteiger partial charge in [0.15, 0.2) is 0 Å². The molecule has 0 bridgehead atoms. The number of nitrogens with two attached hydrogens (primary N) is 1. The molecule has 0 atom stereocenters. The van der Waals surface area contributed by atoms with Gasteiger partial charge in [0.1, 0.15) is 5.82 Å². The van der Waals surface area contributed by atoms with Gasteiger partial charge in [0, 0.05) is 27.3 Å². The molecular weight excluding hydrogens is 316 g/mol. The normalized spacial score (nSPS) is 13.8. The van der Waals surface area contributed by atoms with E-state index in [2.05, 4.69) is 38.1 Å².